The molecule has 0 aliphatic carbocycles. The van der Waals surface area contributed by atoms with Crippen molar-refractivity contribution in [2.75, 3.05) is 20.2 Å². The van der Waals surface area contributed by atoms with Crippen LogP contribution in [0.25, 0.3) is 0 Å². The van der Waals surface area contributed by atoms with Crippen LogP contribution in [0.5, 0.6) is 0 Å². The van der Waals surface area contributed by atoms with Crippen molar-refractivity contribution in [3.63, 3.8) is 0 Å². The van der Waals surface area contributed by atoms with Crippen LogP contribution in [-0.4, -0.2) is 47.3 Å². The van der Waals surface area contributed by atoms with E-state index in [0.717, 1.165) is 38.8 Å². The van der Waals surface area contributed by atoms with Gasteiger partial charge in [0.1, 0.15) is 0 Å². The lowest BCUT2D eigenvalue weighted by atomic mass is 10.1. The second-order valence-electron chi connectivity index (χ2n) is 7.17. The van der Waals surface area contributed by atoms with E-state index >= 15 is 0 Å². The second-order valence-corrected chi connectivity index (χ2v) is 7.17. The lowest BCUT2D eigenvalue weighted by Gasteiger charge is -2.25. The molecule has 27 heavy (non-hydrogen) atoms. The first-order valence-electron chi connectivity index (χ1n) is 9.91. The standard InChI is InChI=1S/C21H29N3O3/c1-24(15-14-18-9-5-6-16-26-18)21(25)13-12-20-23-22-19(27-20)11-10-17-7-3-2-4-8-17/h2-4,7-8,18H,5-6,9-16H2,1H3/t18-/m0/s1. The number of hydrogen-bond acceptors (Lipinski definition) is 5. The van der Waals surface area contributed by atoms with Crippen LogP contribution in [0, 0.1) is 0 Å². The van der Waals surface area contributed by atoms with Crippen LogP contribution in [0.3, 0.4) is 0 Å². The highest BCUT2D eigenvalue weighted by atomic mass is 16.5. The van der Waals surface area contributed by atoms with Gasteiger partial charge in [-0.3, -0.25) is 4.79 Å². The van der Waals surface area contributed by atoms with Gasteiger partial charge < -0.3 is 14.1 Å². The van der Waals surface area contributed by atoms with E-state index in [1.165, 1.54) is 12.0 Å². The predicted octanol–water partition coefficient (Wildman–Crippen LogP) is 3.21. The van der Waals surface area contributed by atoms with Gasteiger partial charge in [-0.1, -0.05) is 30.3 Å². The summed E-state index contributed by atoms with van der Waals surface area (Å²) >= 11 is 0. The lowest BCUT2D eigenvalue weighted by molar-refractivity contribution is -0.130. The first-order valence-corrected chi connectivity index (χ1v) is 9.91. The van der Waals surface area contributed by atoms with E-state index < -0.39 is 0 Å². The van der Waals surface area contributed by atoms with Crippen LogP contribution >= 0.6 is 0 Å². The van der Waals surface area contributed by atoms with Crippen molar-refractivity contribution >= 4 is 5.91 Å². The first-order chi connectivity index (χ1) is 13.2. The smallest absolute Gasteiger partial charge is 0.222 e. The summed E-state index contributed by atoms with van der Waals surface area (Å²) in [6.07, 6.45) is 7.16. The number of amides is 1. The molecule has 0 N–H and O–H groups in total. The Labute approximate surface area is 160 Å². The predicted molar refractivity (Wildman–Crippen MR) is 102 cm³/mol. The summed E-state index contributed by atoms with van der Waals surface area (Å²) in [7, 11) is 1.85. The molecule has 3 rings (SSSR count). The van der Waals surface area contributed by atoms with Crippen LogP contribution in [0.15, 0.2) is 34.7 Å². The molecule has 1 aromatic heterocycles. The molecule has 0 saturated carbocycles. The number of benzene rings is 1. The quantitative estimate of drug-likeness (QED) is 0.677. The third kappa shape index (κ3) is 6.47. The molecule has 1 saturated heterocycles. The largest absolute Gasteiger partial charge is 0.425 e. The fourth-order valence-corrected chi connectivity index (χ4v) is 3.29. The van der Waals surface area contributed by atoms with E-state index in [-0.39, 0.29) is 5.91 Å². The van der Waals surface area contributed by atoms with Crippen molar-refractivity contribution in [1.82, 2.24) is 15.1 Å². The summed E-state index contributed by atoms with van der Waals surface area (Å²) in [6.45, 7) is 1.59. The number of aromatic nitrogens is 2. The Kier molecular flexibility index (Phi) is 7.39. The Bertz CT molecular complexity index is 696. The zero-order chi connectivity index (χ0) is 18.9. The summed E-state index contributed by atoms with van der Waals surface area (Å²) in [4.78, 5) is 14.1. The Balaban J connectivity index is 1.36. The van der Waals surface area contributed by atoms with Gasteiger partial charge in [-0.15, -0.1) is 10.2 Å². The molecule has 1 amide bonds. The molecular formula is C21H29N3O3. The number of rotatable bonds is 9. The molecule has 2 heterocycles. The third-order valence-corrected chi connectivity index (χ3v) is 5.02. The van der Waals surface area contributed by atoms with Gasteiger partial charge in [0.15, 0.2) is 0 Å². The van der Waals surface area contributed by atoms with Gasteiger partial charge >= 0.3 is 0 Å². The topological polar surface area (TPSA) is 68.5 Å². The molecular weight excluding hydrogens is 342 g/mol. The summed E-state index contributed by atoms with van der Waals surface area (Å²) in [6, 6.07) is 10.2. The molecule has 1 aromatic carbocycles. The zero-order valence-electron chi connectivity index (χ0n) is 16.1. The molecule has 6 heteroatoms. The van der Waals surface area contributed by atoms with Gasteiger partial charge in [0.25, 0.3) is 0 Å². The van der Waals surface area contributed by atoms with Gasteiger partial charge in [-0.25, -0.2) is 0 Å². The van der Waals surface area contributed by atoms with E-state index in [1.807, 2.05) is 25.2 Å². The second kappa shape index (κ2) is 10.2. The van der Waals surface area contributed by atoms with Crippen LogP contribution < -0.4 is 0 Å². The molecule has 0 bridgehead atoms. The number of aryl methyl sites for hydroxylation is 3. The summed E-state index contributed by atoms with van der Waals surface area (Å²) in [5.41, 5.74) is 1.25. The average molecular weight is 371 g/mol. The van der Waals surface area contributed by atoms with Crippen molar-refractivity contribution < 1.29 is 13.9 Å². The highest BCUT2D eigenvalue weighted by molar-refractivity contribution is 5.75. The van der Waals surface area contributed by atoms with Crippen LogP contribution in [0.2, 0.25) is 0 Å². The number of carbonyl (C=O) groups excluding carboxylic acids is 1. The van der Waals surface area contributed by atoms with Crippen molar-refractivity contribution in [3.05, 3.63) is 47.7 Å². The van der Waals surface area contributed by atoms with Crippen LogP contribution in [0.4, 0.5) is 0 Å². The summed E-state index contributed by atoms with van der Waals surface area (Å²) < 4.78 is 11.4. The fraction of sp³-hybridized carbons (Fsp3) is 0.571. The summed E-state index contributed by atoms with van der Waals surface area (Å²) in [5, 5.41) is 8.17. The first kappa shape index (κ1) is 19.5. The normalized spacial score (nSPS) is 17.0. The maximum Gasteiger partial charge on any atom is 0.222 e. The van der Waals surface area contributed by atoms with E-state index in [0.29, 0.717) is 37.1 Å². The minimum Gasteiger partial charge on any atom is -0.425 e. The molecule has 6 nitrogen and oxygen atoms in total. The number of ether oxygens (including phenoxy) is 1. The molecule has 1 aliphatic heterocycles. The molecule has 1 aliphatic rings. The Morgan fingerprint density at radius 1 is 1.11 bits per heavy atom. The Morgan fingerprint density at radius 3 is 2.63 bits per heavy atom. The van der Waals surface area contributed by atoms with Crippen molar-refractivity contribution in [2.45, 2.75) is 57.5 Å². The van der Waals surface area contributed by atoms with Crippen LogP contribution in [0.1, 0.15) is 49.4 Å². The van der Waals surface area contributed by atoms with Crippen LogP contribution in [-0.2, 0) is 28.8 Å². The maximum absolute atomic E-state index is 12.3. The summed E-state index contributed by atoms with van der Waals surface area (Å²) in [5.74, 6) is 1.27. The zero-order valence-corrected chi connectivity index (χ0v) is 16.1. The molecule has 0 radical (unpaired) electrons. The molecule has 1 fully saturated rings. The molecule has 1 atom stereocenters. The van der Waals surface area contributed by atoms with E-state index in [1.54, 1.807) is 4.90 Å². The minimum absolute atomic E-state index is 0.106. The number of carbonyl (C=O) groups is 1. The van der Waals surface area contributed by atoms with E-state index in [4.69, 9.17) is 9.15 Å². The highest BCUT2D eigenvalue weighted by Gasteiger charge is 2.17. The van der Waals surface area contributed by atoms with E-state index in [2.05, 4.69) is 22.3 Å². The SMILES string of the molecule is CN(CC[C@@H]1CCCCO1)C(=O)CCc1nnc(CCc2ccccc2)o1. The van der Waals surface area contributed by atoms with Gasteiger partial charge in [-0.2, -0.15) is 0 Å². The Hall–Kier alpha value is -2.21. The highest BCUT2D eigenvalue weighted by Crippen LogP contribution is 2.16. The van der Waals surface area contributed by atoms with Gasteiger partial charge in [0.2, 0.25) is 17.7 Å². The lowest BCUT2D eigenvalue weighted by Crippen LogP contribution is -2.31. The fourth-order valence-electron chi connectivity index (χ4n) is 3.29. The molecule has 0 spiro atoms. The number of nitrogens with zero attached hydrogens (tertiary/aromatic N) is 3. The minimum atomic E-state index is 0.106. The number of hydrogen-bond donors (Lipinski definition) is 0. The molecule has 0 unspecified atom stereocenters. The van der Waals surface area contributed by atoms with Gasteiger partial charge in [0, 0.05) is 39.5 Å². The van der Waals surface area contributed by atoms with Crippen molar-refractivity contribution in [1.29, 1.82) is 0 Å². The monoisotopic (exact) mass is 371 g/mol. The molecule has 2 aromatic rings. The van der Waals surface area contributed by atoms with E-state index in [9.17, 15) is 4.79 Å². The maximum atomic E-state index is 12.3. The average Bonchev–Trinajstić information content (AvgIpc) is 3.18. The Morgan fingerprint density at radius 2 is 1.89 bits per heavy atom. The molecule has 146 valence electrons. The third-order valence-electron chi connectivity index (χ3n) is 5.02. The van der Waals surface area contributed by atoms with Crippen molar-refractivity contribution in [2.24, 2.45) is 0 Å². The van der Waals surface area contributed by atoms with Gasteiger partial charge in [0.05, 0.1) is 6.10 Å². The van der Waals surface area contributed by atoms with Crippen molar-refractivity contribution in [3.8, 4) is 0 Å². The van der Waals surface area contributed by atoms with Gasteiger partial charge in [-0.05, 0) is 37.7 Å².